The molecule has 10 nitrogen and oxygen atoms in total. The number of methoxy groups -OCH3 is 1. The van der Waals surface area contributed by atoms with Crippen molar-refractivity contribution in [2.24, 2.45) is 0 Å². The van der Waals surface area contributed by atoms with E-state index in [0.29, 0.717) is 47.9 Å². The van der Waals surface area contributed by atoms with Gasteiger partial charge < -0.3 is 24.6 Å². The number of rotatable bonds is 7. The molecule has 0 spiro atoms. The smallest absolute Gasteiger partial charge is 0.298 e. The molecule has 0 bridgehead atoms. The van der Waals surface area contributed by atoms with Crippen LogP contribution in [-0.4, -0.2) is 40.9 Å². The monoisotopic (exact) mass is 513 g/mol. The number of fused-ring (bicyclic) bond motifs is 1. The van der Waals surface area contributed by atoms with E-state index in [1.165, 1.54) is 22.9 Å². The number of ether oxygens (including phenoxy) is 1. The number of carbonyl (C=O) groups is 2. The highest BCUT2D eigenvalue weighted by Crippen LogP contribution is 2.38. The van der Waals surface area contributed by atoms with Crippen LogP contribution in [0.2, 0.25) is 0 Å². The van der Waals surface area contributed by atoms with Gasteiger partial charge in [-0.3, -0.25) is 9.59 Å². The molecule has 1 aliphatic heterocycles. The van der Waals surface area contributed by atoms with Crippen LogP contribution in [0.3, 0.4) is 0 Å². The van der Waals surface area contributed by atoms with Gasteiger partial charge in [0.15, 0.2) is 5.95 Å². The van der Waals surface area contributed by atoms with Gasteiger partial charge in [0.25, 0.3) is 5.03 Å². The van der Waals surface area contributed by atoms with E-state index in [2.05, 4.69) is 16.7 Å². The summed E-state index contributed by atoms with van der Waals surface area (Å²) in [5.74, 6) is -0.356. The molecule has 1 atom stereocenters. The molecule has 0 radical (unpaired) electrons. The van der Waals surface area contributed by atoms with Gasteiger partial charge in [0.2, 0.25) is 17.5 Å². The summed E-state index contributed by atoms with van der Waals surface area (Å²) < 4.78 is 11.4. The first-order valence-corrected chi connectivity index (χ1v) is 12.6. The Morgan fingerprint density at radius 1 is 1.43 bits per heavy atom. The normalized spacial score (nSPS) is 13.6. The zero-order chi connectivity index (χ0) is 25.1. The molecule has 3 heterocycles. The number of thiophene rings is 1. The second kappa shape index (κ2) is 10.4. The summed E-state index contributed by atoms with van der Waals surface area (Å²) in [6.45, 7) is 4.32. The van der Waals surface area contributed by atoms with Gasteiger partial charge in [0.05, 0.1) is 29.7 Å². The second-order valence-electron chi connectivity index (χ2n) is 7.79. The van der Waals surface area contributed by atoms with E-state index in [0.717, 1.165) is 22.2 Å². The number of nitriles is 1. The molecule has 4 rings (SSSR count). The highest BCUT2D eigenvalue weighted by Gasteiger charge is 2.31. The maximum Gasteiger partial charge on any atom is 0.298 e. The predicted molar refractivity (Wildman–Crippen MR) is 126 cm³/mol. The molecule has 12 heteroatoms. The van der Waals surface area contributed by atoms with Gasteiger partial charge in [-0.25, -0.2) is 0 Å². The van der Waals surface area contributed by atoms with Gasteiger partial charge in [0.1, 0.15) is 16.8 Å². The number of anilines is 1. The first kappa shape index (κ1) is 24.6. The van der Waals surface area contributed by atoms with Crippen LogP contribution in [0.15, 0.2) is 33.8 Å². The third-order valence-electron chi connectivity index (χ3n) is 5.66. The highest BCUT2D eigenvalue weighted by molar-refractivity contribution is 8.00. The van der Waals surface area contributed by atoms with Crippen molar-refractivity contribution in [3.8, 4) is 23.5 Å². The molecular weight excluding hydrogens is 490 g/mol. The van der Waals surface area contributed by atoms with Crippen molar-refractivity contribution in [3.63, 3.8) is 0 Å². The number of nitrogens with one attached hydrogen (secondary N) is 1. The van der Waals surface area contributed by atoms with E-state index in [-0.39, 0.29) is 16.8 Å². The number of aromatic nitrogens is 2. The Balaban J connectivity index is 1.55. The molecule has 1 unspecified atom stereocenters. The summed E-state index contributed by atoms with van der Waals surface area (Å²) in [5, 5.41) is 28.8. The van der Waals surface area contributed by atoms with Crippen LogP contribution in [0, 0.1) is 11.3 Å². The van der Waals surface area contributed by atoms with E-state index in [4.69, 9.17) is 9.26 Å². The summed E-state index contributed by atoms with van der Waals surface area (Å²) in [5.41, 5.74) is 1.90. The molecule has 1 aliphatic rings. The number of benzene rings is 1. The van der Waals surface area contributed by atoms with E-state index in [9.17, 15) is 20.0 Å². The van der Waals surface area contributed by atoms with Gasteiger partial charge in [-0.05, 0) is 47.0 Å². The standard InChI is InChI=1S/C23H23N5O5S2/c1-4-18(35-22-23(31)33-26-28(22)14-5-7-15(32-3)8-6-14)20(30)25-21-17(11-24)16-9-10-27(13(2)29)12-19(16)34-21/h5-8,18H,4,9-10,12H2,1-3H3,(H-,25,26,30,31). The Bertz CT molecular complexity index is 1290. The lowest BCUT2D eigenvalue weighted by Gasteiger charge is -2.25. The van der Waals surface area contributed by atoms with Crippen LogP contribution in [0.4, 0.5) is 5.00 Å². The molecule has 1 N–H and O–H groups in total. The van der Waals surface area contributed by atoms with Crippen LogP contribution < -0.4 is 19.8 Å². The van der Waals surface area contributed by atoms with E-state index in [1.54, 1.807) is 36.3 Å². The molecule has 3 aromatic rings. The Labute approximate surface area is 210 Å². The molecule has 182 valence electrons. The second-order valence-corrected chi connectivity index (χ2v) is 10.1. The van der Waals surface area contributed by atoms with Crippen molar-refractivity contribution in [1.82, 2.24) is 10.2 Å². The number of hydrogen-bond donors (Lipinski definition) is 1. The first-order valence-electron chi connectivity index (χ1n) is 10.9. The SMILES string of the molecule is CCC(Sc1c([O-])on[n+]1-c1ccc(OC)cc1)C(=O)Nc1sc2c(c1C#N)CCN(C(C)=O)C2. The summed E-state index contributed by atoms with van der Waals surface area (Å²) in [6.07, 6.45) is 0.993. The molecular formula is C23H23N5O5S2. The van der Waals surface area contributed by atoms with Crippen molar-refractivity contribution in [2.45, 2.75) is 43.5 Å². The van der Waals surface area contributed by atoms with Gasteiger partial charge in [0, 0.05) is 30.5 Å². The number of amides is 2. The molecule has 1 aromatic carbocycles. The van der Waals surface area contributed by atoms with Crippen LogP contribution in [0.1, 0.15) is 36.3 Å². The summed E-state index contributed by atoms with van der Waals surface area (Å²) >= 11 is 2.36. The highest BCUT2D eigenvalue weighted by atomic mass is 32.2. The Morgan fingerprint density at radius 2 is 2.17 bits per heavy atom. The lowest BCUT2D eigenvalue weighted by molar-refractivity contribution is -0.705. The topological polar surface area (TPSA) is 135 Å². The summed E-state index contributed by atoms with van der Waals surface area (Å²) in [6, 6.07) is 9.12. The quantitative estimate of drug-likeness (QED) is 0.376. The zero-order valence-electron chi connectivity index (χ0n) is 19.4. The maximum atomic E-state index is 13.2. The van der Waals surface area contributed by atoms with Crippen LogP contribution in [0.25, 0.3) is 5.69 Å². The minimum atomic E-state index is -0.648. The third kappa shape index (κ3) is 4.96. The van der Waals surface area contributed by atoms with Gasteiger partial charge in [-0.1, -0.05) is 6.92 Å². The van der Waals surface area contributed by atoms with Gasteiger partial charge >= 0.3 is 0 Å². The minimum absolute atomic E-state index is 0.0251. The first-order chi connectivity index (χ1) is 16.9. The Hall–Kier alpha value is -3.56. The van der Waals surface area contributed by atoms with Crippen LogP contribution in [0.5, 0.6) is 11.7 Å². The van der Waals surface area contributed by atoms with Crippen molar-refractivity contribution in [1.29, 1.82) is 5.26 Å². The lowest BCUT2D eigenvalue weighted by atomic mass is 10.0. The summed E-state index contributed by atoms with van der Waals surface area (Å²) in [4.78, 5) is 27.6. The minimum Gasteiger partial charge on any atom is -0.538 e. The van der Waals surface area contributed by atoms with E-state index >= 15 is 0 Å². The Morgan fingerprint density at radius 3 is 2.80 bits per heavy atom. The molecule has 0 fully saturated rings. The van der Waals surface area contributed by atoms with Crippen molar-refractivity contribution < 1.29 is 28.6 Å². The fourth-order valence-electron chi connectivity index (χ4n) is 3.75. The molecule has 35 heavy (non-hydrogen) atoms. The average molecular weight is 514 g/mol. The number of thioether (sulfide) groups is 1. The average Bonchev–Trinajstić information content (AvgIpc) is 3.40. The van der Waals surface area contributed by atoms with E-state index < -0.39 is 11.2 Å². The van der Waals surface area contributed by atoms with Crippen molar-refractivity contribution >= 4 is 39.9 Å². The number of hydrogen-bond acceptors (Lipinski definition) is 9. The predicted octanol–water partition coefficient (Wildman–Crippen LogP) is 2.38. The summed E-state index contributed by atoms with van der Waals surface area (Å²) in [7, 11) is 1.56. The fourth-order valence-corrected chi connectivity index (χ4v) is 5.95. The molecule has 0 saturated heterocycles. The number of nitrogens with zero attached hydrogens (tertiary/aromatic N) is 4. The molecule has 0 aliphatic carbocycles. The molecule has 2 amide bonds. The van der Waals surface area contributed by atoms with Crippen LogP contribution >= 0.6 is 23.1 Å². The molecule has 2 aromatic heterocycles. The third-order valence-corrected chi connectivity index (χ3v) is 8.18. The lowest BCUT2D eigenvalue weighted by Crippen LogP contribution is -2.36. The molecule has 0 saturated carbocycles. The fraction of sp³-hybridized carbons (Fsp3) is 0.348. The van der Waals surface area contributed by atoms with Crippen molar-refractivity contribution in [2.75, 3.05) is 19.0 Å². The van der Waals surface area contributed by atoms with E-state index in [1.807, 2.05) is 6.92 Å². The van der Waals surface area contributed by atoms with Crippen molar-refractivity contribution in [3.05, 3.63) is 40.3 Å². The zero-order valence-corrected chi connectivity index (χ0v) is 21.0. The van der Waals surface area contributed by atoms with Gasteiger partial charge in [-0.2, -0.15) is 5.26 Å². The number of carbonyl (C=O) groups excluding carboxylic acids is 2. The Kier molecular flexibility index (Phi) is 7.28. The maximum absolute atomic E-state index is 13.2. The van der Waals surface area contributed by atoms with Crippen LogP contribution in [-0.2, 0) is 22.6 Å². The van der Waals surface area contributed by atoms with Gasteiger partial charge in [-0.15, -0.1) is 11.3 Å². The largest absolute Gasteiger partial charge is 0.538 e.